The fourth-order valence-corrected chi connectivity index (χ4v) is 10.6. The van der Waals surface area contributed by atoms with Gasteiger partial charge in [0.1, 0.15) is 23.0 Å². The van der Waals surface area contributed by atoms with E-state index in [1.807, 2.05) is 182 Å². The van der Waals surface area contributed by atoms with Gasteiger partial charge in [0.15, 0.2) is 0 Å². The predicted octanol–water partition coefficient (Wildman–Crippen LogP) is 20.4. The van der Waals surface area contributed by atoms with Gasteiger partial charge in [-0.1, -0.05) is 230 Å². The molecule has 16 aromatic rings. The van der Waals surface area contributed by atoms with E-state index in [4.69, 9.17) is 29.8 Å². The van der Waals surface area contributed by atoms with E-state index < -0.39 is 24.2 Å². The lowest BCUT2D eigenvalue weighted by Crippen LogP contribution is -1.91. The maximum atomic E-state index is 9.44. The molecule has 0 fully saturated rings. The quantitative estimate of drug-likeness (QED) is 0.141. The number of fused-ring (bicyclic) bond motifs is 8. The predicted molar refractivity (Wildman–Crippen MR) is 337 cm³/mol. The molecule has 0 radical (unpaired) electrons. The van der Waals surface area contributed by atoms with E-state index in [1.165, 1.54) is 0 Å². The van der Waals surface area contributed by atoms with Gasteiger partial charge in [-0.25, -0.2) is 9.97 Å². The Labute approximate surface area is 489 Å². The van der Waals surface area contributed by atoms with E-state index in [-0.39, 0.29) is 92.1 Å². The number of hydrogen-bond acceptors (Lipinski definition) is 6. The Morgan fingerprint density at radius 3 is 1.27 bits per heavy atom. The molecule has 82 heavy (non-hydrogen) atoms. The Balaban J connectivity index is 0.000000155. The lowest BCUT2D eigenvalue weighted by atomic mass is 9.92. The Morgan fingerprint density at radius 2 is 0.707 bits per heavy atom. The largest absolute Gasteiger partial charge is 0.456 e. The van der Waals surface area contributed by atoms with Gasteiger partial charge in [0, 0.05) is 72.9 Å². The van der Waals surface area contributed by atoms with Gasteiger partial charge in [0.25, 0.3) is 0 Å². The first-order chi connectivity index (χ1) is 45.6. The summed E-state index contributed by atoms with van der Waals surface area (Å²) in [5, 5.41) is 4.00. The highest BCUT2D eigenvalue weighted by Crippen LogP contribution is 2.44. The zero-order valence-electron chi connectivity index (χ0n) is 55.4. The first kappa shape index (κ1) is 36.9. The summed E-state index contributed by atoms with van der Waals surface area (Å²) in [6.07, 6.45) is 3.38. The van der Waals surface area contributed by atoms with E-state index in [1.54, 1.807) is 36.7 Å². The van der Waals surface area contributed by atoms with Crippen molar-refractivity contribution in [3.05, 3.63) is 291 Å². The van der Waals surface area contributed by atoms with Gasteiger partial charge in [0.2, 0.25) is 0 Å². The Bertz CT molecular complexity index is 5790. The number of benzene rings is 10. The summed E-state index contributed by atoms with van der Waals surface area (Å²) in [7, 11) is 0. The van der Waals surface area contributed by atoms with Crippen LogP contribution in [0.4, 0.5) is 0 Å². The Morgan fingerprint density at radius 1 is 0.280 bits per heavy atom. The summed E-state index contributed by atoms with van der Waals surface area (Å²) in [5.41, 5.74) is 8.13. The molecule has 0 aliphatic carbocycles. The van der Waals surface area contributed by atoms with Crippen LogP contribution < -0.4 is 0 Å². The van der Waals surface area contributed by atoms with Gasteiger partial charge in [-0.15, -0.1) is 0 Å². The molecule has 384 valence electrons. The molecule has 6 aromatic heterocycles. The number of rotatable bonds is 8. The summed E-state index contributed by atoms with van der Waals surface area (Å²) in [5.74, 6) is 2.27. The van der Waals surface area contributed by atoms with Crippen molar-refractivity contribution < 1.29 is 25.3 Å². The van der Waals surface area contributed by atoms with Gasteiger partial charge in [-0.2, -0.15) is 0 Å². The summed E-state index contributed by atoms with van der Waals surface area (Å²) < 4.78 is 121. The van der Waals surface area contributed by atoms with Gasteiger partial charge < -0.3 is 8.83 Å². The van der Waals surface area contributed by atoms with Crippen LogP contribution in [0.5, 0.6) is 0 Å². The average Bonchev–Trinajstić information content (AvgIpc) is 0.925. The van der Waals surface area contributed by atoms with Crippen molar-refractivity contribution in [3.8, 4) is 90.1 Å². The second-order valence-electron chi connectivity index (χ2n) is 19.5. The van der Waals surface area contributed by atoms with Crippen LogP contribution in [0.2, 0.25) is 0 Å². The van der Waals surface area contributed by atoms with Crippen molar-refractivity contribution in [2.45, 2.75) is 0 Å². The highest BCUT2D eigenvalue weighted by molar-refractivity contribution is 6.10. The number of aromatic nitrogens is 4. The maximum absolute atomic E-state index is 9.44. The number of hydrogen-bond donors (Lipinski definition) is 0. The summed E-state index contributed by atoms with van der Waals surface area (Å²) >= 11 is 0. The van der Waals surface area contributed by atoms with E-state index in [0.717, 1.165) is 43.8 Å². The van der Waals surface area contributed by atoms with Crippen molar-refractivity contribution in [3.63, 3.8) is 0 Å². The van der Waals surface area contributed by atoms with Crippen molar-refractivity contribution >= 4 is 65.2 Å². The molecule has 0 amide bonds. The van der Waals surface area contributed by atoms with Gasteiger partial charge in [0.05, 0.1) is 49.9 Å². The molecular formula is C76H48N4O2. The number of furan rings is 2. The van der Waals surface area contributed by atoms with Crippen LogP contribution in [0.1, 0.15) is 16.4 Å². The zero-order chi connectivity index (χ0) is 64.8. The maximum Gasteiger partial charge on any atom is 0.142 e. The molecule has 0 spiro atoms. The topological polar surface area (TPSA) is 77.8 Å². The summed E-state index contributed by atoms with van der Waals surface area (Å²) in [6, 6.07) is 60.4. The molecule has 6 heteroatoms. The molecule has 16 rings (SSSR count). The van der Waals surface area contributed by atoms with E-state index in [9.17, 15) is 5.48 Å². The van der Waals surface area contributed by atoms with E-state index >= 15 is 0 Å². The lowest BCUT2D eigenvalue weighted by Gasteiger charge is -2.13. The van der Waals surface area contributed by atoms with Gasteiger partial charge >= 0.3 is 0 Å². The van der Waals surface area contributed by atoms with Crippen molar-refractivity contribution in [2.24, 2.45) is 0 Å². The molecule has 0 atom stereocenters. The third kappa shape index (κ3) is 8.81. The van der Waals surface area contributed by atoms with Crippen LogP contribution in [0.25, 0.3) is 155 Å². The first-order valence-corrected chi connectivity index (χ1v) is 26.5. The second kappa shape index (κ2) is 20.6. The standard InChI is InChI=1S/2C38H24N2O/c1-3-10-25(11-4-1)35-24-33(38(41-35)28-12-5-2-6-13-28)31-20-21-32(30-16-8-7-15-29(30)31)34-22-19-27-18-17-26-14-9-23-39-36(26)37(27)40-34;1-2-8-25(9-3-1)35-21-22-36(41-35)29-11-6-10-28(24-29)30-18-19-33(32-14-5-4-13-31(30)32)34-20-17-27-16-15-26-12-7-23-39-37(26)38(27)40-34/h2*1-24H/i7D,8D,15D,16D,20D,21D;4D,5D,13D,14D,18D,19D. The highest BCUT2D eigenvalue weighted by Gasteiger charge is 2.20. The molecule has 6 nitrogen and oxygen atoms in total. The molecule has 0 saturated heterocycles. The third-order valence-electron chi connectivity index (χ3n) is 14.6. The molecule has 0 saturated carbocycles. The molecular weight excluding hydrogens is 1000 g/mol. The summed E-state index contributed by atoms with van der Waals surface area (Å²) in [4.78, 5) is 18.9. The zero-order valence-corrected chi connectivity index (χ0v) is 43.4. The first-order valence-electron chi connectivity index (χ1n) is 32.5. The van der Waals surface area contributed by atoms with Crippen LogP contribution in [-0.4, -0.2) is 19.9 Å². The fourth-order valence-electron chi connectivity index (χ4n) is 10.6. The van der Waals surface area contributed by atoms with Crippen molar-refractivity contribution in [1.82, 2.24) is 19.9 Å². The highest BCUT2D eigenvalue weighted by atomic mass is 16.3. The minimum Gasteiger partial charge on any atom is -0.456 e. The number of pyridine rings is 4. The molecule has 0 aliphatic heterocycles. The second-order valence-corrected chi connectivity index (χ2v) is 19.5. The Kier molecular flexibility index (Phi) is 9.28. The molecule has 0 aliphatic rings. The van der Waals surface area contributed by atoms with Crippen molar-refractivity contribution in [1.29, 1.82) is 0 Å². The average molecular weight is 1060 g/mol. The molecule has 6 heterocycles. The monoisotopic (exact) mass is 1060 g/mol. The van der Waals surface area contributed by atoms with E-state index in [2.05, 4.69) is 9.97 Å². The molecule has 0 unspecified atom stereocenters. The van der Waals surface area contributed by atoms with Gasteiger partial charge in [-0.3, -0.25) is 9.97 Å². The lowest BCUT2D eigenvalue weighted by molar-refractivity contribution is 0.597. The van der Waals surface area contributed by atoms with E-state index in [0.29, 0.717) is 67.6 Å². The minimum atomic E-state index is -0.430. The SMILES string of the molecule is [2H]c1c([2H])c([2H])c2c(-c3cc(-c4ccccc4)oc3-c3ccccc3)c([2H])c([2H])c(-c3ccc4ccc5cccnc5c4n3)c2c1[2H].[2H]c1c([2H])c([2H])c2c(-c3ccc4ccc5cccnc5c4n3)c([2H])c([2H])c(-c3cccc(-c4ccc(-c5ccccc5)o4)c3)c2c1[2H]. The molecule has 0 N–H and O–H groups in total. The number of nitrogens with zero attached hydrogens (tertiary/aromatic N) is 4. The van der Waals surface area contributed by atoms with Crippen LogP contribution in [0, 0.1) is 0 Å². The normalized spacial score (nSPS) is 13.5. The molecule has 0 bridgehead atoms. The third-order valence-corrected chi connectivity index (χ3v) is 14.6. The smallest absolute Gasteiger partial charge is 0.142 e. The van der Waals surface area contributed by atoms with Crippen molar-refractivity contribution in [2.75, 3.05) is 0 Å². The van der Waals surface area contributed by atoms with Crippen LogP contribution in [0.3, 0.4) is 0 Å². The van der Waals surface area contributed by atoms with Gasteiger partial charge in [-0.05, 0) is 86.8 Å². The van der Waals surface area contributed by atoms with Crippen LogP contribution in [0.15, 0.2) is 300 Å². The fraction of sp³-hybridized carbons (Fsp3) is 0. The van der Waals surface area contributed by atoms with Crippen LogP contribution >= 0.6 is 0 Å². The Hall–Kier alpha value is -11.1. The van der Waals surface area contributed by atoms with Crippen LogP contribution in [-0.2, 0) is 0 Å². The summed E-state index contributed by atoms with van der Waals surface area (Å²) in [6.45, 7) is 0. The minimum absolute atomic E-state index is 0.119. The molecule has 10 aromatic carbocycles.